The van der Waals surface area contributed by atoms with Crippen LogP contribution in [0.25, 0.3) is 0 Å². The van der Waals surface area contributed by atoms with E-state index in [4.69, 9.17) is 27.2 Å². The number of carbonyl (C=O) groups is 4. The van der Waals surface area contributed by atoms with Crippen LogP contribution in [0.3, 0.4) is 0 Å². The molecule has 4 aromatic carbocycles. The summed E-state index contributed by atoms with van der Waals surface area (Å²) in [5.74, 6) is -0.519. The molecule has 4 heterocycles. The topological polar surface area (TPSA) is 252 Å². The third kappa shape index (κ3) is 19.9. The van der Waals surface area contributed by atoms with E-state index in [9.17, 15) is 19.2 Å². The summed E-state index contributed by atoms with van der Waals surface area (Å²) in [5.41, 5.74) is 24.3. The summed E-state index contributed by atoms with van der Waals surface area (Å²) in [6.45, 7) is 42.7. The minimum atomic E-state index is -1.02. The maximum absolute atomic E-state index is 11.6. The number of halogens is 1. The van der Waals surface area contributed by atoms with E-state index >= 15 is 0 Å². The smallest absolute Gasteiger partial charge is 0.341 e. The number of carboxylic acids is 1. The van der Waals surface area contributed by atoms with Crippen LogP contribution < -0.4 is 15.5 Å². The average molecular weight is 1470 g/mol. The molecule has 19 nitrogen and oxygen atoms in total. The van der Waals surface area contributed by atoms with Crippen molar-refractivity contribution in [1.82, 2.24) is 39.9 Å². The number of rotatable bonds is 12. The Labute approximate surface area is 635 Å². The van der Waals surface area contributed by atoms with Crippen LogP contribution in [0, 0.1) is 0 Å². The molecule has 0 saturated carbocycles. The highest BCUT2D eigenvalue weighted by Gasteiger charge is 2.41. The van der Waals surface area contributed by atoms with Crippen LogP contribution in [0.15, 0.2) is 122 Å². The Kier molecular flexibility index (Phi) is 27.6. The van der Waals surface area contributed by atoms with E-state index in [0.717, 1.165) is 30.0 Å². The molecule has 4 aromatic heterocycles. The number of esters is 3. The van der Waals surface area contributed by atoms with Gasteiger partial charge in [0.2, 0.25) is 17.2 Å². The molecular formula is C86H116ClN11O8. The second-order valence-electron chi connectivity index (χ2n) is 32.8. The summed E-state index contributed by atoms with van der Waals surface area (Å²) >= 11 is 5.39. The average Bonchev–Trinajstić information content (AvgIpc) is 0.771. The van der Waals surface area contributed by atoms with Gasteiger partial charge in [-0.15, -0.1) is 0 Å². The first-order valence-electron chi connectivity index (χ1n) is 35.9. The highest BCUT2D eigenvalue weighted by Crippen LogP contribution is 2.51. The lowest BCUT2D eigenvalue weighted by Crippen LogP contribution is -2.34. The lowest BCUT2D eigenvalue weighted by atomic mass is 9.63. The molecule has 0 aliphatic heterocycles. The molecule has 0 amide bonds. The van der Waals surface area contributed by atoms with Gasteiger partial charge in [-0.3, -0.25) is 0 Å². The largest absolute Gasteiger partial charge is 0.478 e. The lowest BCUT2D eigenvalue weighted by molar-refractivity contribution is 0.0590. The summed E-state index contributed by atoms with van der Waals surface area (Å²) in [5, 5.41) is 9.14. The van der Waals surface area contributed by atoms with E-state index in [2.05, 4.69) is 239 Å². The summed E-state index contributed by atoms with van der Waals surface area (Å²) < 4.78 is 13.8. The number of hydrogen-bond donors (Lipinski definition) is 2. The zero-order valence-corrected chi connectivity index (χ0v) is 65.8. The number of aromatic carboxylic acids is 1. The number of anilines is 5. The number of fused-ring (bicyclic) bond motifs is 4. The second kappa shape index (κ2) is 34.1. The number of hydrogen-bond acceptors (Lipinski definition) is 18. The molecule has 0 unspecified atom stereocenters. The first-order chi connectivity index (χ1) is 48.6. The van der Waals surface area contributed by atoms with Crippen molar-refractivity contribution in [1.29, 1.82) is 0 Å². The van der Waals surface area contributed by atoms with Gasteiger partial charge in [0.1, 0.15) is 5.82 Å². The molecule has 0 atom stereocenters. The van der Waals surface area contributed by atoms with Gasteiger partial charge < -0.3 is 34.9 Å². The van der Waals surface area contributed by atoms with E-state index in [1.807, 2.05) is 17.9 Å². The maximum atomic E-state index is 11.6. The Hall–Kier alpha value is -9.23. The molecule has 20 heteroatoms. The molecule has 0 saturated heterocycles. The number of nitrogens with zero attached hydrogens (tertiary/aromatic N) is 10. The van der Waals surface area contributed by atoms with Gasteiger partial charge in [0.25, 0.3) is 0 Å². The highest BCUT2D eigenvalue weighted by atomic mass is 35.5. The van der Waals surface area contributed by atoms with Gasteiger partial charge in [-0.05, 0) is 207 Å². The van der Waals surface area contributed by atoms with Gasteiger partial charge in [0.15, 0.2) is 0 Å². The summed E-state index contributed by atoms with van der Waals surface area (Å²) in [6, 6.07) is 26.5. The van der Waals surface area contributed by atoms with Crippen molar-refractivity contribution in [3.05, 3.63) is 206 Å². The predicted octanol–water partition coefficient (Wildman–Crippen LogP) is 19.5. The Morgan fingerprint density at radius 2 is 0.670 bits per heavy atom. The summed E-state index contributed by atoms with van der Waals surface area (Å²) in [7, 11) is 3.99. The second-order valence-corrected chi connectivity index (χ2v) is 33.2. The maximum Gasteiger partial charge on any atom is 0.341 e. The zero-order chi connectivity index (χ0) is 76.7. The first kappa shape index (κ1) is 85.7. The van der Waals surface area contributed by atoms with E-state index in [1.165, 1.54) is 166 Å². The number of aromatic nitrogens is 8. The van der Waals surface area contributed by atoms with Crippen LogP contribution in [-0.4, -0.2) is 103 Å². The molecule has 0 fully saturated rings. The number of carboxylic acid groups (broad SMARTS) is 1. The summed E-state index contributed by atoms with van der Waals surface area (Å²) in [6.07, 6.45) is 21.7. The SMILES string of the molecule is C.C.CC1(C)CCC(C)(C)c2cc(N)ccc21.CCN(c1ccc2c(c1)C(C)(C)CCC2(C)C)c1ncc(C(=O)O)cn1.CCN(c1ccc2c(c1)C(C)(C)CCC2(C)C)c1ncc(C(=O)OC)cn1.COC(=O)c1cnc(Cc2ccc3c(c2)C(C)(C)CCC3(C)C)nc1.COC(=O)c1cnc(Cl)nc1. The first-order valence-corrected chi connectivity index (χ1v) is 36.3. The molecule has 570 valence electrons. The van der Waals surface area contributed by atoms with Crippen LogP contribution in [0.2, 0.25) is 5.28 Å². The van der Waals surface area contributed by atoms with Gasteiger partial charge >= 0.3 is 23.9 Å². The molecule has 0 bridgehead atoms. The van der Waals surface area contributed by atoms with Gasteiger partial charge in [-0.25, -0.2) is 59.0 Å². The molecule has 106 heavy (non-hydrogen) atoms. The number of benzene rings is 4. The number of nitrogens with two attached hydrogens (primary N) is 1. The van der Waals surface area contributed by atoms with Crippen molar-refractivity contribution in [2.24, 2.45) is 0 Å². The normalized spacial score (nSPS) is 16.9. The number of methoxy groups -OCH3 is 3. The van der Waals surface area contributed by atoms with Gasteiger partial charge in [-0.2, -0.15) is 0 Å². The van der Waals surface area contributed by atoms with Crippen molar-refractivity contribution >= 4 is 64.4 Å². The molecule has 0 spiro atoms. The Morgan fingerprint density at radius 1 is 0.396 bits per heavy atom. The van der Waals surface area contributed by atoms with E-state index < -0.39 is 23.9 Å². The lowest BCUT2D eigenvalue weighted by Gasteiger charge is -2.42. The van der Waals surface area contributed by atoms with Crippen LogP contribution in [-0.2, 0) is 64.0 Å². The Morgan fingerprint density at radius 3 is 0.991 bits per heavy atom. The third-order valence-corrected chi connectivity index (χ3v) is 21.9. The van der Waals surface area contributed by atoms with Crippen molar-refractivity contribution in [2.75, 3.05) is 50.0 Å². The van der Waals surface area contributed by atoms with Crippen LogP contribution in [0.1, 0.15) is 288 Å². The Bertz CT molecular complexity index is 4360. The molecule has 0 radical (unpaired) electrons. The molecular weight excluding hydrogens is 1350 g/mol. The van der Waals surface area contributed by atoms with Crippen molar-refractivity contribution in [3.8, 4) is 0 Å². The fourth-order valence-corrected chi connectivity index (χ4v) is 14.5. The Balaban J connectivity index is 0.000000213. The highest BCUT2D eigenvalue weighted by molar-refractivity contribution is 6.28. The van der Waals surface area contributed by atoms with E-state index in [-0.39, 0.29) is 69.2 Å². The fraction of sp³-hybridized carbons (Fsp3) is 0.488. The van der Waals surface area contributed by atoms with Gasteiger partial charge in [0, 0.05) is 86.1 Å². The molecule has 4 aliphatic rings. The number of carbonyl (C=O) groups excluding carboxylic acids is 3. The van der Waals surface area contributed by atoms with Crippen molar-refractivity contribution in [3.63, 3.8) is 0 Å². The van der Waals surface area contributed by atoms with Gasteiger partial charge in [0.05, 0.1) is 43.6 Å². The van der Waals surface area contributed by atoms with E-state index in [1.54, 1.807) is 0 Å². The van der Waals surface area contributed by atoms with Crippen molar-refractivity contribution in [2.45, 2.75) is 241 Å². The minimum absolute atomic E-state index is 0. The summed E-state index contributed by atoms with van der Waals surface area (Å²) in [4.78, 5) is 82.1. The van der Waals surface area contributed by atoms with Crippen LogP contribution in [0.4, 0.5) is 29.0 Å². The minimum Gasteiger partial charge on any atom is -0.478 e. The van der Waals surface area contributed by atoms with Crippen LogP contribution in [0.5, 0.6) is 0 Å². The van der Waals surface area contributed by atoms with Crippen LogP contribution >= 0.6 is 11.6 Å². The van der Waals surface area contributed by atoms with Gasteiger partial charge in [-0.1, -0.05) is 162 Å². The predicted molar refractivity (Wildman–Crippen MR) is 427 cm³/mol. The molecule has 4 aliphatic carbocycles. The standard InChI is InChI=1S/C22H29N3O2.C21H27N3O2.C21H26N2O2.C14H21N.C6H5ClN2O2.2CH4/c1-7-25(20-23-13-15(14-24-20)19(26)27-6)16-8-9-17-18(12-16)22(4,5)11-10-21(17,2)3;1-6-24(19-22-12-14(13-23-19)18(25)26)15-7-8-16-17(11-15)21(4,5)10-9-20(16,2)3;1-20(2)8-9-21(3,4)17-10-14(6-7-16(17)20)11-18-22-12-15(13-23-18)19(24)25-5;1-13(2)7-8-14(3,4)12-9-10(15)5-6-11(12)13;1-11-5(10)4-2-8-6(7)9-3-4;;/h8-9,12-14H,7,10-11H2,1-6H3;7-8,11-13H,6,9-10H2,1-5H3,(H,25,26);6-7,10,12-13H,8-9,11H2,1-5H3;5-6,9H,7-8,15H2,1-4H3;2-3H,1H3;2*1H4. The zero-order valence-electron chi connectivity index (χ0n) is 65.1. The quantitative estimate of drug-likeness (QED) is 0.0499. The molecule has 8 aromatic rings. The molecule has 3 N–H and O–H groups in total. The monoisotopic (exact) mass is 1470 g/mol. The third-order valence-electron chi connectivity index (χ3n) is 21.7. The number of ether oxygens (including phenoxy) is 3. The number of nitrogen functional groups attached to an aromatic ring is 1. The van der Waals surface area contributed by atoms with E-state index in [0.29, 0.717) is 47.2 Å². The van der Waals surface area contributed by atoms with Crippen molar-refractivity contribution < 1.29 is 38.5 Å². The fourth-order valence-electron chi connectivity index (χ4n) is 14.4. The molecule has 12 rings (SSSR count).